The average molecular weight is 475 g/mol. The molecule has 180 valence electrons. The topological polar surface area (TPSA) is 76.1 Å². The molecule has 2 aromatic carbocycles. The van der Waals surface area contributed by atoms with Crippen LogP contribution < -0.4 is 9.47 Å². The van der Waals surface area contributed by atoms with E-state index in [0.29, 0.717) is 31.8 Å². The Bertz CT molecular complexity index is 1060. The summed E-state index contributed by atoms with van der Waals surface area (Å²) < 4.78 is 39.4. The molecule has 0 saturated carbocycles. The molecule has 0 unspecified atom stereocenters. The summed E-state index contributed by atoms with van der Waals surface area (Å²) in [5, 5.41) is 0. The molecule has 1 aliphatic heterocycles. The second-order valence-electron chi connectivity index (χ2n) is 8.58. The van der Waals surface area contributed by atoms with E-state index in [4.69, 9.17) is 9.47 Å². The third-order valence-electron chi connectivity index (χ3n) is 5.83. The molecule has 1 saturated heterocycles. The van der Waals surface area contributed by atoms with Crippen molar-refractivity contribution in [3.8, 4) is 11.5 Å². The maximum Gasteiger partial charge on any atom is 0.253 e. The molecule has 1 aliphatic rings. The van der Waals surface area contributed by atoms with E-state index in [1.54, 1.807) is 19.2 Å². The van der Waals surface area contributed by atoms with Crippen LogP contribution in [-0.4, -0.2) is 63.9 Å². The highest BCUT2D eigenvalue weighted by Gasteiger charge is 2.29. The molecular weight excluding hydrogens is 440 g/mol. The Labute approximate surface area is 197 Å². The number of sulfonamides is 1. The van der Waals surface area contributed by atoms with Gasteiger partial charge < -0.3 is 14.4 Å². The highest BCUT2D eigenvalue weighted by molar-refractivity contribution is 7.89. The van der Waals surface area contributed by atoms with Gasteiger partial charge in [0.25, 0.3) is 5.91 Å². The maximum atomic E-state index is 13.3. The van der Waals surface area contributed by atoms with Crippen molar-refractivity contribution >= 4 is 15.9 Å². The zero-order valence-corrected chi connectivity index (χ0v) is 20.8. The van der Waals surface area contributed by atoms with Gasteiger partial charge in [-0.05, 0) is 68.1 Å². The normalized spacial score (nSPS) is 15.0. The lowest BCUT2D eigenvalue weighted by Gasteiger charge is -2.22. The van der Waals surface area contributed by atoms with Gasteiger partial charge in [-0.1, -0.05) is 18.9 Å². The van der Waals surface area contributed by atoms with Crippen molar-refractivity contribution in [2.24, 2.45) is 0 Å². The first kappa shape index (κ1) is 25.1. The van der Waals surface area contributed by atoms with Crippen molar-refractivity contribution in [1.29, 1.82) is 0 Å². The SMILES string of the molecule is COc1ccc(C(=O)N(C)CCOc2cc(C)cc(C)c2)cc1S(=O)(=O)N1CCCCCC1. The van der Waals surface area contributed by atoms with Crippen LogP contribution in [-0.2, 0) is 10.0 Å². The molecule has 1 fully saturated rings. The van der Waals surface area contributed by atoms with Crippen molar-refractivity contribution in [3.05, 3.63) is 53.1 Å². The van der Waals surface area contributed by atoms with Gasteiger partial charge in [-0.25, -0.2) is 8.42 Å². The van der Waals surface area contributed by atoms with E-state index in [-0.39, 0.29) is 16.6 Å². The first-order valence-corrected chi connectivity index (χ1v) is 12.8. The third-order valence-corrected chi connectivity index (χ3v) is 7.75. The molecule has 8 heteroatoms. The predicted molar refractivity (Wildman–Crippen MR) is 129 cm³/mol. The molecule has 33 heavy (non-hydrogen) atoms. The third kappa shape index (κ3) is 6.26. The molecule has 0 bridgehead atoms. The van der Waals surface area contributed by atoms with E-state index in [2.05, 4.69) is 6.07 Å². The van der Waals surface area contributed by atoms with Crippen LogP contribution in [0.25, 0.3) is 0 Å². The predicted octanol–water partition coefficient (Wildman–Crippen LogP) is 4.03. The fourth-order valence-electron chi connectivity index (χ4n) is 4.07. The number of carbonyl (C=O) groups excluding carboxylic acids is 1. The van der Waals surface area contributed by atoms with Crippen molar-refractivity contribution in [2.45, 2.75) is 44.4 Å². The average Bonchev–Trinajstić information content (AvgIpc) is 3.07. The molecule has 1 heterocycles. The summed E-state index contributed by atoms with van der Waals surface area (Å²) in [6, 6.07) is 10.6. The lowest BCUT2D eigenvalue weighted by atomic mass is 10.1. The Kier molecular flexibility index (Phi) is 8.37. The Morgan fingerprint density at radius 1 is 1.00 bits per heavy atom. The zero-order chi connectivity index (χ0) is 24.0. The summed E-state index contributed by atoms with van der Waals surface area (Å²) in [7, 11) is -0.638. The smallest absolute Gasteiger partial charge is 0.253 e. The highest BCUT2D eigenvalue weighted by atomic mass is 32.2. The lowest BCUT2D eigenvalue weighted by molar-refractivity contribution is 0.0773. The van der Waals surface area contributed by atoms with Crippen LogP contribution in [0, 0.1) is 13.8 Å². The van der Waals surface area contributed by atoms with Gasteiger partial charge in [-0.2, -0.15) is 4.31 Å². The Hall–Kier alpha value is -2.58. The summed E-state index contributed by atoms with van der Waals surface area (Å²) in [6.45, 7) is 5.69. The van der Waals surface area contributed by atoms with Crippen molar-refractivity contribution < 1.29 is 22.7 Å². The van der Waals surface area contributed by atoms with Crippen LogP contribution >= 0.6 is 0 Å². The first-order valence-electron chi connectivity index (χ1n) is 11.4. The van der Waals surface area contributed by atoms with E-state index >= 15 is 0 Å². The molecule has 0 atom stereocenters. The van der Waals surface area contributed by atoms with Crippen molar-refractivity contribution in [2.75, 3.05) is 40.4 Å². The van der Waals surface area contributed by atoms with Crippen molar-refractivity contribution in [3.63, 3.8) is 0 Å². The van der Waals surface area contributed by atoms with Gasteiger partial charge in [-0.15, -0.1) is 0 Å². The molecule has 2 aromatic rings. The number of likely N-dealkylation sites (N-methyl/N-ethyl adjacent to an activating group) is 1. The quantitative estimate of drug-likeness (QED) is 0.577. The number of carbonyl (C=O) groups is 1. The fraction of sp³-hybridized carbons (Fsp3) is 0.480. The van der Waals surface area contributed by atoms with Crippen LogP contribution in [0.15, 0.2) is 41.3 Å². The number of rotatable bonds is 8. The number of ether oxygens (including phenoxy) is 2. The number of aryl methyl sites for hydroxylation is 2. The number of nitrogens with zero attached hydrogens (tertiary/aromatic N) is 2. The summed E-state index contributed by atoms with van der Waals surface area (Å²) in [5.41, 5.74) is 2.54. The van der Waals surface area contributed by atoms with Gasteiger partial charge >= 0.3 is 0 Å². The van der Waals surface area contributed by atoms with Gasteiger partial charge in [-0.3, -0.25) is 4.79 Å². The number of benzene rings is 2. The monoisotopic (exact) mass is 474 g/mol. The van der Waals surface area contributed by atoms with Gasteiger partial charge in [0, 0.05) is 25.7 Å². The van der Waals surface area contributed by atoms with Crippen LogP contribution in [0.5, 0.6) is 11.5 Å². The molecule has 3 rings (SSSR count). The van der Waals surface area contributed by atoms with Gasteiger partial charge in [0.1, 0.15) is 23.0 Å². The molecule has 0 aromatic heterocycles. The second-order valence-corrected chi connectivity index (χ2v) is 10.5. The van der Waals surface area contributed by atoms with E-state index in [0.717, 1.165) is 42.6 Å². The molecule has 0 radical (unpaired) electrons. The zero-order valence-electron chi connectivity index (χ0n) is 20.0. The lowest BCUT2D eigenvalue weighted by Crippen LogP contribution is -2.33. The Balaban J connectivity index is 1.73. The Morgan fingerprint density at radius 3 is 2.24 bits per heavy atom. The number of hydrogen-bond acceptors (Lipinski definition) is 5. The standard InChI is InChI=1S/C25H34N2O5S/c1-19-15-20(2)17-22(16-19)32-14-13-26(3)25(28)21-9-10-23(31-4)24(18-21)33(29,30)27-11-7-5-6-8-12-27/h9-10,15-18H,5-8,11-14H2,1-4H3. The van der Waals surface area contributed by atoms with Crippen molar-refractivity contribution in [1.82, 2.24) is 9.21 Å². The van der Waals surface area contributed by atoms with E-state index in [1.807, 2.05) is 26.0 Å². The minimum Gasteiger partial charge on any atom is -0.495 e. The minimum atomic E-state index is -3.76. The fourth-order valence-corrected chi connectivity index (χ4v) is 5.77. The van der Waals surface area contributed by atoms with E-state index in [9.17, 15) is 13.2 Å². The molecule has 7 nitrogen and oxygen atoms in total. The maximum absolute atomic E-state index is 13.3. The summed E-state index contributed by atoms with van der Waals surface area (Å²) >= 11 is 0. The van der Waals surface area contributed by atoms with Crippen LogP contribution in [0.2, 0.25) is 0 Å². The van der Waals surface area contributed by atoms with Gasteiger partial charge in [0.15, 0.2) is 0 Å². The van der Waals surface area contributed by atoms with Crippen LogP contribution in [0.3, 0.4) is 0 Å². The van der Waals surface area contributed by atoms with Gasteiger partial charge in [0.2, 0.25) is 10.0 Å². The second kappa shape index (κ2) is 11.0. The summed E-state index contributed by atoms with van der Waals surface area (Å²) in [5.74, 6) is 0.745. The molecule has 0 spiro atoms. The first-order chi connectivity index (χ1) is 15.7. The number of hydrogen-bond donors (Lipinski definition) is 0. The molecule has 1 amide bonds. The number of methoxy groups -OCH3 is 1. The molecule has 0 N–H and O–H groups in total. The van der Waals surface area contributed by atoms with Crippen LogP contribution in [0.4, 0.5) is 0 Å². The molecule has 0 aliphatic carbocycles. The van der Waals surface area contributed by atoms with E-state index < -0.39 is 10.0 Å². The Morgan fingerprint density at radius 2 is 1.64 bits per heavy atom. The van der Waals surface area contributed by atoms with Crippen LogP contribution in [0.1, 0.15) is 47.2 Å². The minimum absolute atomic E-state index is 0.0395. The van der Waals surface area contributed by atoms with Gasteiger partial charge in [0.05, 0.1) is 13.7 Å². The number of amides is 1. The molecular formula is C25H34N2O5S. The highest BCUT2D eigenvalue weighted by Crippen LogP contribution is 2.29. The largest absolute Gasteiger partial charge is 0.495 e. The summed E-state index contributed by atoms with van der Waals surface area (Å²) in [4.78, 5) is 14.6. The van der Waals surface area contributed by atoms with E-state index in [1.165, 1.54) is 22.4 Å². The summed E-state index contributed by atoms with van der Waals surface area (Å²) in [6.07, 6.45) is 3.72.